The van der Waals surface area contributed by atoms with E-state index in [0.29, 0.717) is 12.6 Å². The maximum Gasteiger partial charge on any atom is 0.119 e. The smallest absolute Gasteiger partial charge is 0.119 e. The minimum absolute atomic E-state index is 0.474. The van der Waals surface area contributed by atoms with Gasteiger partial charge in [-0.2, -0.15) is 0 Å². The molecule has 1 aliphatic heterocycles. The summed E-state index contributed by atoms with van der Waals surface area (Å²) in [5, 5.41) is 13.9. The lowest BCUT2D eigenvalue weighted by Gasteiger charge is -2.36. The van der Waals surface area contributed by atoms with E-state index in [1.807, 2.05) is 24.3 Å². The van der Waals surface area contributed by atoms with Crippen LogP contribution in [0.4, 0.5) is 0 Å². The van der Waals surface area contributed by atoms with Gasteiger partial charge in [0.1, 0.15) is 5.75 Å². The third-order valence-electron chi connectivity index (χ3n) is 5.45. The lowest BCUT2D eigenvalue weighted by atomic mass is 10.0. The van der Waals surface area contributed by atoms with Gasteiger partial charge in [0.15, 0.2) is 0 Å². The lowest BCUT2D eigenvalue weighted by Crippen LogP contribution is -2.46. The van der Waals surface area contributed by atoms with Crippen LogP contribution in [0.15, 0.2) is 24.3 Å². The molecule has 1 saturated heterocycles. The van der Waals surface area contributed by atoms with E-state index in [4.69, 9.17) is 4.74 Å². The van der Waals surface area contributed by atoms with E-state index in [-0.39, 0.29) is 0 Å². The van der Waals surface area contributed by atoms with Crippen LogP contribution >= 0.6 is 0 Å². The molecular weight excluding hydrogens is 288 g/mol. The van der Waals surface area contributed by atoms with Gasteiger partial charge in [-0.15, -0.1) is 0 Å². The molecular formula is C19H30N2O2. The molecule has 1 atom stereocenters. The fourth-order valence-electron chi connectivity index (χ4n) is 3.98. The second-order valence-electron chi connectivity index (χ2n) is 6.95. The standard InChI is InChI=1S/C19H30N2O2/c1-23-18-8-4-5-15(13-18)19(22)14-20-16-9-11-21(12-10-16)17-6-2-3-7-17/h4-5,8,13,16-17,19-20,22H,2-3,6-7,9-12,14H2,1H3. The van der Waals surface area contributed by atoms with Crippen LogP contribution in [0.1, 0.15) is 50.2 Å². The minimum Gasteiger partial charge on any atom is -0.497 e. The third kappa shape index (κ3) is 4.46. The number of aliphatic hydroxyl groups excluding tert-OH is 1. The summed E-state index contributed by atoms with van der Waals surface area (Å²) < 4.78 is 5.22. The van der Waals surface area contributed by atoms with Crippen molar-refractivity contribution in [3.8, 4) is 5.75 Å². The van der Waals surface area contributed by atoms with Gasteiger partial charge in [0.05, 0.1) is 13.2 Å². The molecule has 2 fully saturated rings. The van der Waals surface area contributed by atoms with E-state index in [1.165, 1.54) is 51.6 Å². The molecule has 0 bridgehead atoms. The van der Waals surface area contributed by atoms with Gasteiger partial charge in [-0.3, -0.25) is 0 Å². The summed E-state index contributed by atoms with van der Waals surface area (Å²) in [5.41, 5.74) is 0.917. The van der Waals surface area contributed by atoms with E-state index in [0.717, 1.165) is 17.4 Å². The first-order valence-corrected chi connectivity index (χ1v) is 9.05. The first-order valence-electron chi connectivity index (χ1n) is 9.05. The second-order valence-corrected chi connectivity index (χ2v) is 6.95. The normalized spacial score (nSPS) is 22.3. The van der Waals surface area contributed by atoms with Gasteiger partial charge in [0, 0.05) is 18.6 Å². The number of benzene rings is 1. The van der Waals surface area contributed by atoms with Crippen molar-refractivity contribution < 1.29 is 9.84 Å². The average Bonchev–Trinajstić information content (AvgIpc) is 3.15. The zero-order valence-electron chi connectivity index (χ0n) is 14.2. The van der Waals surface area contributed by atoms with Crippen LogP contribution in [0.2, 0.25) is 0 Å². The molecule has 0 aromatic heterocycles. The quantitative estimate of drug-likeness (QED) is 0.846. The number of hydrogen-bond donors (Lipinski definition) is 2. The number of piperidine rings is 1. The second kappa shape index (κ2) is 8.13. The Kier molecular flexibility index (Phi) is 5.92. The van der Waals surface area contributed by atoms with Crippen LogP contribution in [-0.2, 0) is 0 Å². The molecule has 1 unspecified atom stereocenters. The van der Waals surface area contributed by atoms with E-state index >= 15 is 0 Å². The Labute approximate surface area is 139 Å². The summed E-state index contributed by atoms with van der Waals surface area (Å²) in [6.07, 6.45) is 7.53. The highest BCUT2D eigenvalue weighted by Gasteiger charge is 2.27. The minimum atomic E-state index is -0.474. The van der Waals surface area contributed by atoms with Gasteiger partial charge in [-0.1, -0.05) is 25.0 Å². The number of ether oxygens (including phenoxy) is 1. The van der Waals surface area contributed by atoms with Crippen molar-refractivity contribution in [2.75, 3.05) is 26.7 Å². The summed E-state index contributed by atoms with van der Waals surface area (Å²) >= 11 is 0. The molecule has 1 heterocycles. The van der Waals surface area contributed by atoms with Crippen LogP contribution in [-0.4, -0.2) is 48.8 Å². The van der Waals surface area contributed by atoms with Gasteiger partial charge in [0.25, 0.3) is 0 Å². The Balaban J connectivity index is 1.42. The maximum absolute atomic E-state index is 10.4. The van der Waals surface area contributed by atoms with Gasteiger partial charge < -0.3 is 20.1 Å². The Hall–Kier alpha value is -1.10. The fourth-order valence-corrected chi connectivity index (χ4v) is 3.98. The highest BCUT2D eigenvalue weighted by atomic mass is 16.5. The summed E-state index contributed by atoms with van der Waals surface area (Å²) in [5.74, 6) is 0.798. The number of methoxy groups -OCH3 is 1. The number of likely N-dealkylation sites (tertiary alicyclic amines) is 1. The van der Waals surface area contributed by atoms with Gasteiger partial charge in [-0.05, 0) is 56.5 Å². The van der Waals surface area contributed by atoms with Crippen LogP contribution in [0.5, 0.6) is 5.75 Å². The van der Waals surface area contributed by atoms with Gasteiger partial charge in [-0.25, -0.2) is 0 Å². The molecule has 1 saturated carbocycles. The Morgan fingerprint density at radius 1 is 1.22 bits per heavy atom. The van der Waals surface area contributed by atoms with Crippen molar-refractivity contribution >= 4 is 0 Å². The molecule has 0 radical (unpaired) electrons. The topological polar surface area (TPSA) is 44.7 Å². The molecule has 0 spiro atoms. The SMILES string of the molecule is COc1cccc(C(O)CNC2CCN(C3CCCC3)CC2)c1. The summed E-state index contributed by atoms with van der Waals surface area (Å²) in [4.78, 5) is 2.68. The van der Waals surface area contributed by atoms with Crippen molar-refractivity contribution in [2.24, 2.45) is 0 Å². The Morgan fingerprint density at radius 3 is 2.65 bits per heavy atom. The number of nitrogens with zero attached hydrogens (tertiary/aromatic N) is 1. The van der Waals surface area contributed by atoms with Crippen molar-refractivity contribution in [3.05, 3.63) is 29.8 Å². The molecule has 128 valence electrons. The molecule has 1 aromatic carbocycles. The molecule has 4 nitrogen and oxygen atoms in total. The zero-order valence-corrected chi connectivity index (χ0v) is 14.2. The van der Waals surface area contributed by atoms with E-state index in [1.54, 1.807) is 7.11 Å². The molecule has 1 aliphatic carbocycles. The molecule has 2 aliphatic rings. The molecule has 1 aromatic rings. The molecule has 2 N–H and O–H groups in total. The largest absolute Gasteiger partial charge is 0.497 e. The number of hydrogen-bond acceptors (Lipinski definition) is 4. The number of rotatable bonds is 6. The highest BCUT2D eigenvalue weighted by molar-refractivity contribution is 5.29. The highest BCUT2D eigenvalue weighted by Crippen LogP contribution is 2.26. The summed E-state index contributed by atoms with van der Waals surface area (Å²) in [6.45, 7) is 3.02. The van der Waals surface area contributed by atoms with Crippen LogP contribution in [0, 0.1) is 0 Å². The summed E-state index contributed by atoms with van der Waals surface area (Å²) in [7, 11) is 1.65. The lowest BCUT2D eigenvalue weighted by molar-refractivity contribution is 0.129. The Morgan fingerprint density at radius 2 is 1.96 bits per heavy atom. The van der Waals surface area contributed by atoms with E-state index in [9.17, 15) is 5.11 Å². The monoisotopic (exact) mass is 318 g/mol. The first kappa shape index (κ1) is 16.7. The maximum atomic E-state index is 10.4. The van der Waals surface area contributed by atoms with Crippen LogP contribution < -0.4 is 10.1 Å². The predicted octanol–water partition coefficient (Wildman–Crippen LogP) is 2.73. The van der Waals surface area contributed by atoms with Crippen LogP contribution in [0.25, 0.3) is 0 Å². The van der Waals surface area contributed by atoms with Crippen molar-refractivity contribution in [1.29, 1.82) is 0 Å². The molecule has 4 heteroatoms. The van der Waals surface area contributed by atoms with Crippen molar-refractivity contribution in [2.45, 2.75) is 56.7 Å². The average molecular weight is 318 g/mol. The molecule has 3 rings (SSSR count). The van der Waals surface area contributed by atoms with E-state index < -0.39 is 6.10 Å². The fraction of sp³-hybridized carbons (Fsp3) is 0.684. The number of aliphatic hydroxyl groups is 1. The van der Waals surface area contributed by atoms with Gasteiger partial charge in [0.2, 0.25) is 0 Å². The zero-order chi connectivity index (χ0) is 16.1. The Bertz CT molecular complexity index is 480. The molecule has 0 amide bonds. The first-order chi connectivity index (χ1) is 11.3. The van der Waals surface area contributed by atoms with Gasteiger partial charge >= 0.3 is 0 Å². The third-order valence-corrected chi connectivity index (χ3v) is 5.45. The number of nitrogens with one attached hydrogen (secondary N) is 1. The van der Waals surface area contributed by atoms with E-state index in [2.05, 4.69) is 10.2 Å². The van der Waals surface area contributed by atoms with Crippen molar-refractivity contribution in [3.63, 3.8) is 0 Å². The molecule has 23 heavy (non-hydrogen) atoms. The van der Waals surface area contributed by atoms with Crippen molar-refractivity contribution in [1.82, 2.24) is 10.2 Å². The van der Waals surface area contributed by atoms with Crippen LogP contribution in [0.3, 0.4) is 0 Å². The summed E-state index contributed by atoms with van der Waals surface area (Å²) in [6, 6.07) is 9.08. The predicted molar refractivity (Wildman–Crippen MR) is 92.8 cm³/mol.